The van der Waals surface area contributed by atoms with Gasteiger partial charge in [0.2, 0.25) is 0 Å². The van der Waals surface area contributed by atoms with Crippen molar-refractivity contribution >= 4 is 28.9 Å². The minimum Gasteiger partial charge on any atom is -0.493 e. The van der Waals surface area contributed by atoms with Gasteiger partial charge in [-0.05, 0) is 47.6 Å². The summed E-state index contributed by atoms with van der Waals surface area (Å²) in [5, 5.41) is 0.232. The Kier molecular flexibility index (Phi) is 4.22. The van der Waals surface area contributed by atoms with Crippen molar-refractivity contribution in [2.45, 2.75) is 19.0 Å². The van der Waals surface area contributed by atoms with E-state index >= 15 is 0 Å². The number of amides is 1. The van der Waals surface area contributed by atoms with Crippen LogP contribution in [0.1, 0.15) is 11.1 Å². The van der Waals surface area contributed by atoms with Gasteiger partial charge in [0.15, 0.2) is 16.6 Å². The fourth-order valence-corrected chi connectivity index (χ4v) is 4.00. The normalized spacial score (nSPS) is 18.4. The lowest BCUT2D eigenvalue weighted by atomic mass is 9.94. The first-order chi connectivity index (χ1) is 12.9. The quantitative estimate of drug-likeness (QED) is 0.754. The molecule has 0 bridgehead atoms. The molecule has 140 valence electrons. The molecule has 0 spiro atoms. The molecule has 0 N–H and O–H groups in total. The number of fused-ring (bicyclic) bond motifs is 2. The van der Waals surface area contributed by atoms with Crippen molar-refractivity contribution in [3.05, 3.63) is 53.1 Å². The molecule has 2 heterocycles. The third kappa shape index (κ3) is 2.80. The maximum absolute atomic E-state index is 13.6. The molecule has 0 radical (unpaired) electrons. The molecule has 1 fully saturated rings. The highest BCUT2D eigenvalue weighted by Gasteiger charge is 2.45. The van der Waals surface area contributed by atoms with E-state index in [0.717, 1.165) is 29.3 Å². The third-order valence-electron chi connectivity index (χ3n) is 4.88. The fraction of sp³-hybridized carbons (Fsp3) is 0.263. The summed E-state index contributed by atoms with van der Waals surface area (Å²) in [6, 6.07) is 6.16. The Labute approximate surface area is 160 Å². The molecular formula is C19H16F2N2O3S. The number of benzene rings is 2. The van der Waals surface area contributed by atoms with Crippen LogP contribution < -0.4 is 14.4 Å². The van der Waals surface area contributed by atoms with Gasteiger partial charge in [-0.2, -0.15) is 0 Å². The third-order valence-corrected chi connectivity index (χ3v) is 5.30. The molecule has 0 unspecified atom stereocenters. The van der Waals surface area contributed by atoms with Crippen molar-refractivity contribution < 1.29 is 23.0 Å². The topological polar surface area (TPSA) is 42.0 Å². The summed E-state index contributed by atoms with van der Waals surface area (Å²) in [5.41, 5.74) is 2.01. The number of ether oxygens (including phenoxy) is 2. The van der Waals surface area contributed by atoms with Gasteiger partial charge >= 0.3 is 0 Å². The molecule has 0 aromatic heterocycles. The Morgan fingerprint density at radius 2 is 1.59 bits per heavy atom. The summed E-state index contributed by atoms with van der Waals surface area (Å²) in [7, 11) is 3.11. The predicted octanol–water partition coefficient (Wildman–Crippen LogP) is 3.04. The second-order valence-electron chi connectivity index (χ2n) is 6.41. The molecule has 2 aliphatic heterocycles. The number of hydrogen-bond donors (Lipinski definition) is 0. The van der Waals surface area contributed by atoms with Crippen LogP contribution in [0, 0.1) is 11.6 Å². The average molecular weight is 390 g/mol. The van der Waals surface area contributed by atoms with Crippen molar-refractivity contribution in [1.29, 1.82) is 0 Å². The maximum Gasteiger partial charge on any atom is 0.256 e. The van der Waals surface area contributed by atoms with E-state index in [1.54, 1.807) is 19.1 Å². The Morgan fingerprint density at radius 1 is 1.00 bits per heavy atom. The summed E-state index contributed by atoms with van der Waals surface area (Å²) in [6.07, 6.45) is 0.420. The number of halogens is 2. The van der Waals surface area contributed by atoms with E-state index in [0.29, 0.717) is 24.5 Å². The summed E-state index contributed by atoms with van der Waals surface area (Å²) in [6.45, 7) is 0.402. The first kappa shape index (κ1) is 17.7. The van der Waals surface area contributed by atoms with E-state index in [2.05, 4.69) is 0 Å². The lowest BCUT2D eigenvalue weighted by Gasteiger charge is -2.31. The number of nitrogens with zero attached hydrogens (tertiary/aromatic N) is 2. The average Bonchev–Trinajstić information content (AvgIpc) is 2.88. The molecule has 5 nitrogen and oxygen atoms in total. The predicted molar refractivity (Wildman–Crippen MR) is 99.0 cm³/mol. The lowest BCUT2D eigenvalue weighted by Crippen LogP contribution is -2.40. The summed E-state index contributed by atoms with van der Waals surface area (Å²) in [5.74, 6) is -0.645. The monoisotopic (exact) mass is 390 g/mol. The van der Waals surface area contributed by atoms with Gasteiger partial charge < -0.3 is 14.4 Å². The Balaban J connectivity index is 1.72. The highest BCUT2D eigenvalue weighted by Crippen LogP contribution is 2.38. The van der Waals surface area contributed by atoms with Gasteiger partial charge in [0, 0.05) is 19.0 Å². The second kappa shape index (κ2) is 6.45. The number of carbonyl (C=O) groups is 1. The largest absolute Gasteiger partial charge is 0.493 e. The standard InChI is InChI=1S/C19H16F2N2O3S/c1-25-16-4-10-3-15-18(24)23(14-7-12(20)6-13(21)8-14)19(27)22(15)9-11(10)5-17(16)26-2/h4-8,15H,3,9H2,1-2H3/t15-/m1/s1. The van der Waals surface area contributed by atoms with Crippen LogP contribution >= 0.6 is 12.2 Å². The molecule has 1 amide bonds. The zero-order valence-corrected chi connectivity index (χ0v) is 15.5. The molecule has 2 aromatic carbocycles. The molecule has 2 aromatic rings. The summed E-state index contributed by atoms with van der Waals surface area (Å²) >= 11 is 5.45. The molecule has 1 atom stereocenters. The Morgan fingerprint density at radius 3 is 2.19 bits per heavy atom. The van der Waals surface area contributed by atoms with E-state index in [-0.39, 0.29) is 16.7 Å². The molecular weight excluding hydrogens is 374 g/mol. The highest BCUT2D eigenvalue weighted by atomic mass is 32.1. The van der Waals surface area contributed by atoms with Gasteiger partial charge in [0.05, 0.1) is 19.9 Å². The van der Waals surface area contributed by atoms with Gasteiger partial charge in [-0.1, -0.05) is 0 Å². The van der Waals surface area contributed by atoms with E-state index in [1.165, 1.54) is 4.90 Å². The zero-order chi connectivity index (χ0) is 19.3. The van der Waals surface area contributed by atoms with Gasteiger partial charge in [-0.3, -0.25) is 9.69 Å². The van der Waals surface area contributed by atoms with Crippen LogP contribution in [0.15, 0.2) is 30.3 Å². The Hall–Kier alpha value is -2.74. The SMILES string of the molecule is COc1cc2c(cc1OC)CN1C(=S)N(c3cc(F)cc(F)c3)C(=O)[C@H]1C2. The molecule has 8 heteroatoms. The highest BCUT2D eigenvalue weighted by molar-refractivity contribution is 7.80. The number of thiocarbonyl (C=S) groups is 1. The van der Waals surface area contributed by atoms with Crippen molar-refractivity contribution in [1.82, 2.24) is 4.90 Å². The van der Waals surface area contributed by atoms with E-state index in [1.807, 2.05) is 12.1 Å². The van der Waals surface area contributed by atoms with Crippen LogP contribution in [0.25, 0.3) is 0 Å². The maximum atomic E-state index is 13.6. The first-order valence-electron chi connectivity index (χ1n) is 8.27. The molecule has 27 heavy (non-hydrogen) atoms. The summed E-state index contributed by atoms with van der Waals surface area (Å²) in [4.78, 5) is 15.9. The number of carbonyl (C=O) groups excluding carboxylic acids is 1. The second-order valence-corrected chi connectivity index (χ2v) is 6.77. The molecule has 2 aliphatic rings. The molecule has 1 saturated heterocycles. The van der Waals surface area contributed by atoms with Crippen LogP contribution in [-0.2, 0) is 17.8 Å². The fourth-order valence-electron chi connectivity index (χ4n) is 3.61. The van der Waals surface area contributed by atoms with Crippen LogP contribution in [0.4, 0.5) is 14.5 Å². The van der Waals surface area contributed by atoms with Gasteiger partial charge in [0.1, 0.15) is 17.7 Å². The van der Waals surface area contributed by atoms with Gasteiger partial charge in [-0.25, -0.2) is 8.78 Å². The van der Waals surface area contributed by atoms with Gasteiger partial charge in [-0.15, -0.1) is 0 Å². The summed E-state index contributed by atoms with van der Waals surface area (Å²) < 4.78 is 37.9. The van der Waals surface area contributed by atoms with Crippen molar-refractivity contribution in [3.63, 3.8) is 0 Å². The minimum absolute atomic E-state index is 0.0936. The van der Waals surface area contributed by atoms with E-state index < -0.39 is 17.7 Å². The van der Waals surface area contributed by atoms with Crippen molar-refractivity contribution in [2.75, 3.05) is 19.1 Å². The van der Waals surface area contributed by atoms with Crippen LogP contribution in [0.3, 0.4) is 0 Å². The number of methoxy groups -OCH3 is 2. The molecule has 0 aliphatic carbocycles. The Bertz CT molecular complexity index is 895. The minimum atomic E-state index is -0.761. The first-order valence-corrected chi connectivity index (χ1v) is 8.68. The van der Waals surface area contributed by atoms with E-state index in [4.69, 9.17) is 21.7 Å². The van der Waals surface area contributed by atoms with Crippen molar-refractivity contribution in [3.8, 4) is 11.5 Å². The number of rotatable bonds is 3. The molecule has 4 rings (SSSR count). The van der Waals surface area contributed by atoms with Crippen molar-refractivity contribution in [2.24, 2.45) is 0 Å². The van der Waals surface area contributed by atoms with E-state index in [9.17, 15) is 13.6 Å². The smallest absolute Gasteiger partial charge is 0.256 e. The van der Waals surface area contributed by atoms with Gasteiger partial charge in [0.25, 0.3) is 5.91 Å². The zero-order valence-electron chi connectivity index (χ0n) is 14.7. The molecule has 0 saturated carbocycles. The lowest BCUT2D eigenvalue weighted by molar-refractivity contribution is -0.119. The van der Waals surface area contributed by atoms with Crippen LogP contribution in [-0.4, -0.2) is 36.2 Å². The number of anilines is 1. The number of hydrogen-bond acceptors (Lipinski definition) is 4. The van der Waals surface area contributed by atoms with Crippen LogP contribution in [0.5, 0.6) is 11.5 Å². The van der Waals surface area contributed by atoms with Crippen LogP contribution in [0.2, 0.25) is 0 Å².